The minimum Gasteiger partial charge on any atom is -0.397 e. The Bertz CT molecular complexity index is 426. The summed E-state index contributed by atoms with van der Waals surface area (Å²) < 4.78 is 0. The van der Waals surface area contributed by atoms with E-state index in [2.05, 4.69) is 11.4 Å². The van der Waals surface area contributed by atoms with Crippen LogP contribution in [-0.4, -0.2) is 6.04 Å². The molecule has 0 aromatic carbocycles. The van der Waals surface area contributed by atoms with E-state index in [-0.39, 0.29) is 0 Å². The Kier molecular flexibility index (Phi) is 2.29. The monoisotopic (exact) mass is 233 g/mol. The third-order valence-electron chi connectivity index (χ3n) is 3.43. The molecule has 0 unspecified atom stereocenters. The van der Waals surface area contributed by atoms with Gasteiger partial charge in [-0.1, -0.05) is 0 Å². The van der Waals surface area contributed by atoms with E-state index >= 15 is 0 Å². The fraction of sp³-hybridized carbons (Fsp3) is 0.583. The van der Waals surface area contributed by atoms with Gasteiger partial charge in [0.05, 0.1) is 10.7 Å². The molecule has 0 aliphatic heterocycles. The normalized spacial score (nSPS) is 19.8. The van der Waals surface area contributed by atoms with E-state index in [1.165, 1.54) is 37.0 Å². The Morgan fingerprint density at radius 3 is 2.44 bits per heavy atom. The molecule has 1 heterocycles. The molecule has 16 heavy (non-hydrogen) atoms. The number of nitriles is 1. The van der Waals surface area contributed by atoms with Crippen LogP contribution in [0.1, 0.15) is 30.6 Å². The summed E-state index contributed by atoms with van der Waals surface area (Å²) in [7, 11) is 0. The second-order valence-corrected chi connectivity index (χ2v) is 5.90. The van der Waals surface area contributed by atoms with Crippen molar-refractivity contribution >= 4 is 22.0 Å². The van der Waals surface area contributed by atoms with E-state index in [4.69, 9.17) is 11.0 Å². The maximum atomic E-state index is 8.86. The van der Waals surface area contributed by atoms with Crippen molar-refractivity contribution in [1.82, 2.24) is 0 Å². The van der Waals surface area contributed by atoms with Crippen molar-refractivity contribution in [2.24, 2.45) is 11.8 Å². The average molecular weight is 233 g/mol. The van der Waals surface area contributed by atoms with Crippen LogP contribution in [0.4, 0.5) is 10.7 Å². The topological polar surface area (TPSA) is 61.8 Å². The van der Waals surface area contributed by atoms with E-state index in [9.17, 15) is 0 Å². The van der Waals surface area contributed by atoms with Crippen molar-refractivity contribution in [2.75, 3.05) is 11.1 Å². The molecule has 0 bridgehead atoms. The summed E-state index contributed by atoms with van der Waals surface area (Å²) in [4.78, 5) is 0.632. The summed E-state index contributed by atoms with van der Waals surface area (Å²) in [6.07, 6.45) is 5.44. The number of nitrogens with two attached hydrogens (primary N) is 1. The second kappa shape index (κ2) is 3.67. The van der Waals surface area contributed by atoms with Crippen LogP contribution in [0.5, 0.6) is 0 Å². The number of anilines is 2. The maximum Gasteiger partial charge on any atom is 0.129 e. The predicted octanol–water partition coefficient (Wildman–Crippen LogP) is 2.80. The van der Waals surface area contributed by atoms with Crippen molar-refractivity contribution in [1.29, 1.82) is 5.26 Å². The number of nitrogens with one attached hydrogen (secondary N) is 1. The lowest BCUT2D eigenvalue weighted by Crippen LogP contribution is -2.23. The van der Waals surface area contributed by atoms with Gasteiger partial charge in [0.1, 0.15) is 10.9 Å². The van der Waals surface area contributed by atoms with Crippen LogP contribution in [-0.2, 0) is 0 Å². The highest BCUT2D eigenvalue weighted by atomic mass is 32.1. The molecule has 3 N–H and O–H groups in total. The van der Waals surface area contributed by atoms with E-state index in [0.29, 0.717) is 16.6 Å². The van der Waals surface area contributed by atoms with Gasteiger partial charge in [-0.05, 0) is 43.6 Å². The number of nitrogens with zero attached hydrogens (tertiary/aromatic N) is 1. The van der Waals surface area contributed by atoms with Crippen LogP contribution in [0, 0.1) is 23.2 Å². The van der Waals surface area contributed by atoms with Crippen LogP contribution >= 0.6 is 11.3 Å². The molecule has 0 spiro atoms. The molecular formula is C12H15N3S. The highest BCUT2D eigenvalue weighted by molar-refractivity contribution is 7.17. The Hall–Kier alpha value is -1.21. The third kappa shape index (κ3) is 1.88. The zero-order chi connectivity index (χ0) is 11.1. The molecule has 2 saturated carbocycles. The predicted molar refractivity (Wildman–Crippen MR) is 66.3 cm³/mol. The van der Waals surface area contributed by atoms with Gasteiger partial charge in [0.15, 0.2) is 0 Å². The van der Waals surface area contributed by atoms with Crippen molar-refractivity contribution in [3.63, 3.8) is 0 Å². The first-order valence-electron chi connectivity index (χ1n) is 5.84. The Balaban J connectivity index is 1.74. The average Bonchev–Trinajstić information content (AvgIpc) is 3.13. The Labute approximate surface area is 99.3 Å². The fourth-order valence-electron chi connectivity index (χ4n) is 2.26. The molecule has 1 aromatic heterocycles. The molecule has 2 aliphatic rings. The molecule has 2 fully saturated rings. The molecule has 0 atom stereocenters. The van der Waals surface area contributed by atoms with E-state index < -0.39 is 0 Å². The summed E-state index contributed by atoms with van der Waals surface area (Å²) in [5, 5.41) is 13.5. The SMILES string of the molecule is N#Cc1sc(NC(C2CC2)C2CC2)cc1N. The lowest BCUT2D eigenvalue weighted by Gasteiger charge is -2.17. The molecule has 84 valence electrons. The van der Waals surface area contributed by atoms with Crippen molar-refractivity contribution in [2.45, 2.75) is 31.7 Å². The molecule has 1 aromatic rings. The lowest BCUT2D eigenvalue weighted by molar-refractivity contribution is 0.569. The summed E-state index contributed by atoms with van der Waals surface area (Å²) in [5.41, 5.74) is 6.37. The van der Waals surface area contributed by atoms with Gasteiger partial charge in [0.25, 0.3) is 0 Å². The highest BCUT2D eigenvalue weighted by Gasteiger charge is 2.41. The van der Waals surface area contributed by atoms with Crippen molar-refractivity contribution in [3.05, 3.63) is 10.9 Å². The number of hydrogen-bond acceptors (Lipinski definition) is 4. The van der Waals surface area contributed by atoms with Gasteiger partial charge >= 0.3 is 0 Å². The maximum absolute atomic E-state index is 8.86. The first-order chi connectivity index (χ1) is 7.78. The Morgan fingerprint density at radius 1 is 1.38 bits per heavy atom. The summed E-state index contributed by atoms with van der Waals surface area (Å²) in [6.45, 7) is 0. The molecule has 0 amide bonds. The number of rotatable bonds is 4. The Morgan fingerprint density at radius 2 is 2.00 bits per heavy atom. The molecule has 0 saturated heterocycles. The third-order valence-corrected chi connectivity index (χ3v) is 4.42. The van der Waals surface area contributed by atoms with Gasteiger partial charge in [-0.25, -0.2) is 0 Å². The van der Waals surface area contributed by atoms with Crippen LogP contribution < -0.4 is 11.1 Å². The zero-order valence-corrected chi connectivity index (χ0v) is 9.89. The molecule has 3 nitrogen and oxygen atoms in total. The van der Waals surface area contributed by atoms with Crippen LogP contribution in [0.3, 0.4) is 0 Å². The molecule has 3 rings (SSSR count). The second-order valence-electron chi connectivity index (χ2n) is 4.85. The quantitative estimate of drug-likeness (QED) is 0.840. The zero-order valence-electron chi connectivity index (χ0n) is 9.07. The first kappa shape index (κ1) is 9.98. The molecule has 0 radical (unpaired) electrons. The molecule has 2 aliphatic carbocycles. The standard InChI is InChI=1S/C12H15N3S/c13-6-10-9(14)5-11(16-10)15-12(7-1-2-7)8-3-4-8/h5,7-8,12,15H,1-4,14H2. The first-order valence-corrected chi connectivity index (χ1v) is 6.65. The fourth-order valence-corrected chi connectivity index (χ4v) is 3.08. The van der Waals surface area contributed by atoms with Gasteiger partial charge in [0.2, 0.25) is 0 Å². The number of thiophene rings is 1. The van der Waals surface area contributed by atoms with E-state index in [0.717, 1.165) is 16.8 Å². The lowest BCUT2D eigenvalue weighted by atomic mass is 10.1. The van der Waals surface area contributed by atoms with Gasteiger partial charge in [-0.3, -0.25) is 0 Å². The van der Waals surface area contributed by atoms with E-state index in [1.807, 2.05) is 6.07 Å². The summed E-state index contributed by atoms with van der Waals surface area (Å²) in [6, 6.07) is 4.67. The summed E-state index contributed by atoms with van der Waals surface area (Å²) >= 11 is 1.48. The van der Waals surface area contributed by atoms with Gasteiger partial charge < -0.3 is 11.1 Å². The van der Waals surface area contributed by atoms with Crippen LogP contribution in [0.15, 0.2) is 6.07 Å². The minimum atomic E-state index is 0.611. The highest BCUT2D eigenvalue weighted by Crippen LogP contribution is 2.46. The van der Waals surface area contributed by atoms with Gasteiger partial charge in [0, 0.05) is 6.04 Å². The van der Waals surface area contributed by atoms with Gasteiger partial charge in [-0.2, -0.15) is 5.26 Å². The largest absolute Gasteiger partial charge is 0.397 e. The number of nitrogen functional groups attached to an aromatic ring is 1. The molecule has 4 heteroatoms. The van der Waals surface area contributed by atoms with Crippen molar-refractivity contribution in [3.8, 4) is 6.07 Å². The smallest absolute Gasteiger partial charge is 0.129 e. The van der Waals surface area contributed by atoms with Gasteiger partial charge in [-0.15, -0.1) is 11.3 Å². The minimum absolute atomic E-state index is 0.611. The summed E-state index contributed by atoms with van der Waals surface area (Å²) in [5.74, 6) is 1.72. The van der Waals surface area contributed by atoms with Crippen molar-refractivity contribution < 1.29 is 0 Å². The molecular weight excluding hydrogens is 218 g/mol. The van der Waals surface area contributed by atoms with Crippen LogP contribution in [0.2, 0.25) is 0 Å². The van der Waals surface area contributed by atoms with E-state index in [1.54, 1.807) is 0 Å². The number of hydrogen-bond donors (Lipinski definition) is 2. The van der Waals surface area contributed by atoms with Crippen LogP contribution in [0.25, 0.3) is 0 Å².